The maximum absolute atomic E-state index is 14.8. The number of carbonyl (C=O) groups is 2. The van der Waals surface area contributed by atoms with Crippen molar-refractivity contribution in [2.75, 3.05) is 32.1 Å². The molecule has 0 radical (unpaired) electrons. The van der Waals surface area contributed by atoms with Crippen molar-refractivity contribution >= 4 is 17.6 Å². The third-order valence-electron chi connectivity index (χ3n) is 6.30. The summed E-state index contributed by atoms with van der Waals surface area (Å²) in [7, 11) is 3.35. The number of likely N-dealkylation sites (tertiary alicyclic amines) is 1. The van der Waals surface area contributed by atoms with Crippen molar-refractivity contribution in [1.29, 1.82) is 0 Å². The van der Waals surface area contributed by atoms with Crippen LogP contribution in [-0.2, 0) is 23.0 Å². The van der Waals surface area contributed by atoms with Crippen LogP contribution in [0.15, 0.2) is 47.6 Å². The molecule has 1 saturated heterocycles. The van der Waals surface area contributed by atoms with E-state index in [2.05, 4.69) is 10.4 Å². The van der Waals surface area contributed by atoms with Crippen LogP contribution in [0.2, 0.25) is 0 Å². The summed E-state index contributed by atoms with van der Waals surface area (Å²) < 4.78 is 33.7. The summed E-state index contributed by atoms with van der Waals surface area (Å²) in [5.74, 6) is 0.566. The maximum atomic E-state index is 14.8. The number of nitrogens with zero attached hydrogens (tertiary/aromatic N) is 3. The summed E-state index contributed by atoms with van der Waals surface area (Å²) in [4.78, 5) is 27.0. The summed E-state index contributed by atoms with van der Waals surface area (Å²) in [6.45, 7) is 1.72. The zero-order chi connectivity index (χ0) is 24.5. The van der Waals surface area contributed by atoms with Gasteiger partial charge in [0.05, 0.1) is 12.2 Å². The summed E-state index contributed by atoms with van der Waals surface area (Å²) in [5.41, 5.74) is 1.30. The lowest BCUT2D eigenvalue weighted by Gasteiger charge is -2.32. The van der Waals surface area contributed by atoms with Crippen molar-refractivity contribution < 1.29 is 28.2 Å². The first-order chi connectivity index (χ1) is 16.9. The number of aromatic nitrogens is 2. The van der Waals surface area contributed by atoms with E-state index in [1.165, 1.54) is 6.08 Å². The highest BCUT2D eigenvalue weighted by Gasteiger charge is 2.31. The topological polar surface area (TPSA) is 94.9 Å². The van der Waals surface area contributed by atoms with Crippen LogP contribution in [0.1, 0.15) is 35.2 Å². The van der Waals surface area contributed by atoms with Gasteiger partial charge in [-0.25, -0.2) is 4.39 Å². The van der Waals surface area contributed by atoms with Gasteiger partial charge in [0.15, 0.2) is 5.82 Å². The van der Waals surface area contributed by atoms with E-state index in [1.807, 2.05) is 0 Å². The minimum atomic E-state index is -0.572. The fraction of sp³-hybridized carbons (Fsp3) is 0.400. The lowest BCUT2D eigenvalue weighted by atomic mass is 9.99. The lowest BCUT2D eigenvalue weighted by Crippen LogP contribution is -2.43. The molecule has 3 heterocycles. The molecule has 1 aromatic carbocycles. The molecule has 0 bridgehead atoms. The largest absolute Gasteiger partial charge is 0.487 e. The molecule has 5 rings (SSSR count). The Morgan fingerprint density at radius 1 is 1.29 bits per heavy atom. The first-order valence-corrected chi connectivity index (χ1v) is 11.6. The van der Waals surface area contributed by atoms with E-state index in [9.17, 15) is 14.0 Å². The zero-order valence-corrected chi connectivity index (χ0v) is 19.7. The summed E-state index contributed by atoms with van der Waals surface area (Å²) in [6.07, 6.45) is 4.90. The first kappa shape index (κ1) is 23.1. The van der Waals surface area contributed by atoms with E-state index in [0.29, 0.717) is 61.2 Å². The van der Waals surface area contributed by atoms with Gasteiger partial charge in [0.1, 0.15) is 29.2 Å². The average Bonchev–Trinajstić information content (AvgIpc) is 3.38. The molecule has 1 atom stereocenters. The van der Waals surface area contributed by atoms with Gasteiger partial charge < -0.3 is 24.4 Å². The smallest absolute Gasteiger partial charge is 0.257 e. The number of halogens is 1. The van der Waals surface area contributed by atoms with Gasteiger partial charge in [-0.3, -0.25) is 14.3 Å². The molecule has 1 N–H and O–H groups in total. The molecule has 3 aliphatic rings. The number of hydrogen-bond donors (Lipinski definition) is 1. The molecule has 2 aromatic rings. The van der Waals surface area contributed by atoms with Gasteiger partial charge in [0.25, 0.3) is 11.8 Å². The van der Waals surface area contributed by atoms with Crippen LogP contribution < -0.4 is 14.8 Å². The van der Waals surface area contributed by atoms with Crippen molar-refractivity contribution in [3.63, 3.8) is 0 Å². The van der Waals surface area contributed by atoms with Crippen LogP contribution in [0.3, 0.4) is 0 Å². The molecular weight excluding hydrogens is 455 g/mol. The average molecular weight is 483 g/mol. The first-order valence-electron chi connectivity index (χ1n) is 11.6. The lowest BCUT2D eigenvalue weighted by molar-refractivity contribution is -0.130. The normalized spacial score (nSPS) is 19.0. The Balaban J connectivity index is 1.41. The second kappa shape index (κ2) is 9.53. The maximum Gasteiger partial charge on any atom is 0.257 e. The predicted octanol–water partition coefficient (Wildman–Crippen LogP) is 3.13. The van der Waals surface area contributed by atoms with E-state index in [4.69, 9.17) is 14.2 Å². The molecule has 0 spiro atoms. The van der Waals surface area contributed by atoms with Gasteiger partial charge in [0.2, 0.25) is 0 Å². The molecule has 1 aliphatic carbocycles. The highest BCUT2D eigenvalue weighted by atomic mass is 19.1. The van der Waals surface area contributed by atoms with Crippen molar-refractivity contribution in [3.8, 4) is 11.5 Å². The minimum Gasteiger partial charge on any atom is -0.487 e. The van der Waals surface area contributed by atoms with Crippen LogP contribution >= 0.6 is 0 Å². The van der Waals surface area contributed by atoms with Gasteiger partial charge in [-0.15, -0.1) is 0 Å². The molecule has 1 fully saturated rings. The Hall–Kier alpha value is -3.66. The summed E-state index contributed by atoms with van der Waals surface area (Å²) >= 11 is 0. The third-order valence-corrected chi connectivity index (χ3v) is 6.30. The molecule has 2 aliphatic heterocycles. The quantitative estimate of drug-likeness (QED) is 0.652. The van der Waals surface area contributed by atoms with Crippen LogP contribution in [-0.4, -0.2) is 59.4 Å². The summed E-state index contributed by atoms with van der Waals surface area (Å²) in [6, 6.07) is 4.98. The molecule has 184 valence electrons. The number of hydrogen-bond acceptors (Lipinski definition) is 6. The van der Waals surface area contributed by atoms with E-state index in [0.717, 1.165) is 12.0 Å². The highest BCUT2D eigenvalue weighted by molar-refractivity contribution is 6.04. The standard InChI is InChI=1S/C25H27FN4O5/c1-29-9-6-23(28-29)27-24(31)15-10-21(19-12-17(14-33-2)35-22(19)11-15)34-16-4-5-18(20(26)13-16)25(32)30-7-3-8-30/h6,9-11,13,17H,3-5,7-8,12,14H2,1-2H3,(H,27,28,31). The Morgan fingerprint density at radius 2 is 2.11 bits per heavy atom. The Bertz CT molecular complexity index is 1230. The fourth-order valence-electron chi connectivity index (χ4n) is 4.36. The van der Waals surface area contributed by atoms with Crippen LogP contribution in [0.4, 0.5) is 10.2 Å². The number of methoxy groups -OCH3 is 1. The van der Waals surface area contributed by atoms with Crippen molar-refractivity contribution in [1.82, 2.24) is 14.7 Å². The SMILES string of the molecule is COCC1Cc2c(OC3=CC(F)=C(C(=O)N4CCC4)CC3)cc(C(=O)Nc3ccn(C)n3)cc2O1. The van der Waals surface area contributed by atoms with E-state index >= 15 is 0 Å². The predicted molar refractivity (Wildman–Crippen MR) is 125 cm³/mol. The number of ether oxygens (including phenoxy) is 3. The van der Waals surface area contributed by atoms with Crippen molar-refractivity contribution in [2.24, 2.45) is 7.05 Å². The molecule has 9 nitrogen and oxygen atoms in total. The monoisotopic (exact) mass is 482 g/mol. The number of benzene rings is 1. The Morgan fingerprint density at radius 3 is 2.77 bits per heavy atom. The van der Waals surface area contributed by atoms with Crippen LogP contribution in [0.5, 0.6) is 11.5 Å². The van der Waals surface area contributed by atoms with E-state index in [-0.39, 0.29) is 29.9 Å². The van der Waals surface area contributed by atoms with Gasteiger partial charge in [-0.1, -0.05) is 0 Å². The molecule has 35 heavy (non-hydrogen) atoms. The molecule has 2 amide bonds. The molecule has 1 aromatic heterocycles. The highest BCUT2D eigenvalue weighted by Crippen LogP contribution is 2.40. The second-order valence-corrected chi connectivity index (χ2v) is 8.86. The second-order valence-electron chi connectivity index (χ2n) is 8.86. The van der Waals surface area contributed by atoms with Gasteiger partial charge in [-0.05, 0) is 25.0 Å². The van der Waals surface area contributed by atoms with Crippen molar-refractivity contribution in [3.05, 3.63) is 58.8 Å². The van der Waals surface area contributed by atoms with Crippen LogP contribution in [0.25, 0.3) is 0 Å². The number of anilines is 1. The Labute approximate surface area is 202 Å². The number of nitrogens with one attached hydrogen (secondary N) is 1. The van der Waals surface area contributed by atoms with Gasteiger partial charge in [-0.2, -0.15) is 5.10 Å². The summed E-state index contributed by atoms with van der Waals surface area (Å²) in [5, 5.41) is 6.93. The fourth-order valence-corrected chi connectivity index (χ4v) is 4.36. The van der Waals surface area contributed by atoms with Crippen molar-refractivity contribution in [2.45, 2.75) is 31.8 Å². The number of rotatable bonds is 7. The van der Waals surface area contributed by atoms with Crippen LogP contribution in [0, 0.1) is 0 Å². The molecule has 1 unspecified atom stereocenters. The van der Waals surface area contributed by atoms with Gasteiger partial charge in [0, 0.05) is 69.6 Å². The number of carbonyl (C=O) groups excluding carboxylic acids is 2. The number of fused-ring (bicyclic) bond motifs is 1. The minimum absolute atomic E-state index is 0.189. The zero-order valence-electron chi connectivity index (χ0n) is 19.7. The molecular formula is C25H27FN4O5. The van der Waals surface area contributed by atoms with E-state index < -0.39 is 5.83 Å². The Kier molecular flexibility index (Phi) is 6.29. The number of amides is 2. The number of aryl methyl sites for hydroxylation is 1. The number of allylic oxidation sites excluding steroid dienone is 3. The van der Waals surface area contributed by atoms with Gasteiger partial charge >= 0.3 is 0 Å². The molecule has 10 heteroatoms. The third kappa shape index (κ3) is 4.79. The molecule has 0 saturated carbocycles. The van der Waals surface area contributed by atoms with E-state index in [1.54, 1.807) is 48.1 Å².